The molecule has 1 radical (unpaired) electrons. The van der Waals surface area contributed by atoms with E-state index in [9.17, 15) is 0 Å². The summed E-state index contributed by atoms with van der Waals surface area (Å²) >= 11 is 1.69. The Hall–Kier alpha value is 2.35. The molecule has 0 unspecified atom stereocenters. The van der Waals surface area contributed by atoms with Gasteiger partial charge in [-0.2, -0.15) is 0 Å². The van der Waals surface area contributed by atoms with Crippen LogP contribution in [0.5, 0.6) is 0 Å². The van der Waals surface area contributed by atoms with Crippen LogP contribution in [0.15, 0.2) is 0 Å². The first-order valence-corrected chi connectivity index (χ1v) is 0.636. The molecule has 0 fully saturated rings. The topological polar surface area (TPSA) is 17.1 Å². The Morgan fingerprint density at radius 2 is 1.20 bits per heavy atom. The minimum atomic E-state index is 0. The van der Waals surface area contributed by atoms with Crippen molar-refractivity contribution >= 4 is 29.6 Å². The fourth-order valence-electron chi connectivity index (χ4n) is 0. The molecule has 32 valence electrons. The Morgan fingerprint density at radius 3 is 1.20 bits per heavy atom. The monoisotopic (exact) mass is 210 g/mol. The Bertz CT molecular complexity index is 11.6. The predicted octanol–water partition coefficient (Wildman–Crippen LogP) is -0.775. The molecule has 0 aromatic carbocycles. The Kier molecular flexibility index (Phi) is 174. The van der Waals surface area contributed by atoms with Gasteiger partial charge in [0.05, 0.1) is 0 Å². The number of hydrogen-bond acceptors (Lipinski definition) is 1. The molecule has 0 aromatic heterocycles. The molecule has 0 aliphatic heterocycles. The summed E-state index contributed by atoms with van der Waals surface area (Å²) in [5.41, 5.74) is 0. The zero-order valence-corrected chi connectivity index (χ0v) is 4.80. The van der Waals surface area contributed by atoms with Crippen molar-refractivity contribution in [2.45, 2.75) is 0 Å². The standard InChI is InChI=1S/Co.Fe.Mn.Na.O.H. The van der Waals surface area contributed by atoms with Gasteiger partial charge in [0.2, 0.25) is 0 Å². The third-order valence-electron chi connectivity index (χ3n) is 0. The first kappa shape index (κ1) is 26.4. The van der Waals surface area contributed by atoms with E-state index < -0.39 is 0 Å². The van der Waals surface area contributed by atoms with Gasteiger partial charge in [0.15, 0.2) is 0 Å². The second-order valence-corrected chi connectivity index (χ2v) is 0. The molecule has 0 saturated carbocycles. The summed E-state index contributed by atoms with van der Waals surface area (Å²) in [4.78, 5) is 0. The molecule has 0 saturated heterocycles. The molecule has 5 heteroatoms. The Labute approximate surface area is 82.0 Å². The average molecular weight is 210 g/mol. The van der Waals surface area contributed by atoms with Crippen LogP contribution < -0.4 is 0 Å². The molecular weight excluding hydrogens is 209 g/mol. The first-order chi connectivity index (χ1) is 1.00. The molecule has 0 rings (SSSR count). The normalized spacial score (nSPS) is 0.800. The minimum absolute atomic E-state index is 0. The van der Waals surface area contributed by atoms with Gasteiger partial charge in [0, 0.05) is 33.8 Å². The van der Waals surface area contributed by atoms with Crippen molar-refractivity contribution in [3.8, 4) is 0 Å². The maximum absolute atomic E-state index is 8.06. The second-order valence-electron chi connectivity index (χ2n) is 0. The predicted molar refractivity (Wildman–Crippen MR) is 7.84 cm³/mol. The van der Waals surface area contributed by atoms with Crippen molar-refractivity contribution < 1.29 is 53.6 Å². The van der Waals surface area contributed by atoms with Gasteiger partial charge >= 0.3 is 49.3 Å². The van der Waals surface area contributed by atoms with Crippen molar-refractivity contribution in [2.24, 2.45) is 0 Å². The number of rotatable bonds is 0. The van der Waals surface area contributed by atoms with E-state index in [0.717, 1.165) is 0 Å². The van der Waals surface area contributed by atoms with Crippen LogP contribution in [0, 0.1) is 0 Å². The van der Waals surface area contributed by atoms with E-state index in [-0.39, 0.29) is 63.4 Å². The van der Waals surface area contributed by atoms with E-state index in [0.29, 0.717) is 0 Å². The summed E-state index contributed by atoms with van der Waals surface area (Å²) in [6.45, 7) is 0. The first-order valence-electron chi connectivity index (χ1n) is 0.154. The Balaban J connectivity index is -0.00000000167. The molecule has 1 nitrogen and oxygen atoms in total. The van der Waals surface area contributed by atoms with Gasteiger partial charge in [-0.25, -0.2) is 0 Å². The molecule has 0 aliphatic carbocycles. The zero-order chi connectivity index (χ0) is 2.00. The van der Waals surface area contributed by atoms with Crippen LogP contribution in [-0.2, 0) is 53.6 Å². The maximum atomic E-state index is 8.06. The summed E-state index contributed by atoms with van der Waals surface area (Å²) < 4.78 is 8.06. The Morgan fingerprint density at radius 1 is 1.20 bits per heavy atom. The van der Waals surface area contributed by atoms with E-state index in [1.165, 1.54) is 0 Å². The van der Waals surface area contributed by atoms with Crippen LogP contribution in [-0.4, -0.2) is 29.6 Å². The molecule has 0 N–H and O–H groups in total. The van der Waals surface area contributed by atoms with Gasteiger partial charge < -0.3 is 0 Å². The third-order valence-corrected chi connectivity index (χ3v) is 0. The molecule has 0 aliphatic rings. The van der Waals surface area contributed by atoms with Gasteiger partial charge in [-0.3, -0.25) is 0 Å². The fraction of sp³-hybridized carbons (Fsp3) is 0. The second kappa shape index (κ2) is 33.0. The average Bonchev–Trinajstić information content (AvgIpc) is 1.00. The van der Waals surface area contributed by atoms with Gasteiger partial charge in [-0.1, -0.05) is 0 Å². The molecule has 5 heavy (non-hydrogen) atoms. The summed E-state index contributed by atoms with van der Waals surface area (Å²) in [5.74, 6) is 0. The van der Waals surface area contributed by atoms with E-state index in [2.05, 4.69) is 0 Å². The van der Waals surface area contributed by atoms with Crippen molar-refractivity contribution in [1.82, 2.24) is 0 Å². The van der Waals surface area contributed by atoms with Crippen LogP contribution in [0.2, 0.25) is 0 Å². The number of hydrogen-bond donors (Lipinski definition) is 0. The van der Waals surface area contributed by atoms with Crippen LogP contribution in [0.4, 0.5) is 0 Å². The van der Waals surface area contributed by atoms with E-state index in [1.54, 1.807) is 15.9 Å². The van der Waals surface area contributed by atoms with Gasteiger partial charge in [0.25, 0.3) is 0 Å². The van der Waals surface area contributed by atoms with Crippen LogP contribution in [0.1, 0.15) is 0 Å². The van der Waals surface area contributed by atoms with E-state index in [4.69, 9.17) is 3.83 Å². The third kappa shape index (κ3) is 21.8. The van der Waals surface area contributed by atoms with Crippen LogP contribution in [0.25, 0.3) is 0 Å². The van der Waals surface area contributed by atoms with Crippen molar-refractivity contribution in [3.05, 3.63) is 0 Å². The molecule has 0 spiro atoms. The van der Waals surface area contributed by atoms with E-state index >= 15 is 0 Å². The molecule has 0 heterocycles. The van der Waals surface area contributed by atoms with Crippen LogP contribution in [0.3, 0.4) is 0 Å². The van der Waals surface area contributed by atoms with Crippen LogP contribution >= 0.6 is 0 Å². The summed E-state index contributed by atoms with van der Waals surface area (Å²) in [6, 6.07) is 0. The summed E-state index contributed by atoms with van der Waals surface area (Å²) in [7, 11) is 0. The van der Waals surface area contributed by atoms with Gasteiger partial charge in [-0.05, 0) is 0 Å². The van der Waals surface area contributed by atoms with Crippen molar-refractivity contribution in [3.63, 3.8) is 0 Å². The SMILES string of the molecule is [Co].[Fe].[NaH].[O]=[Mn]. The van der Waals surface area contributed by atoms with Gasteiger partial charge in [-0.15, -0.1) is 0 Å². The van der Waals surface area contributed by atoms with Crippen molar-refractivity contribution in [1.29, 1.82) is 0 Å². The van der Waals surface area contributed by atoms with Gasteiger partial charge in [0.1, 0.15) is 0 Å². The fourth-order valence-corrected chi connectivity index (χ4v) is 0. The quantitative estimate of drug-likeness (QED) is 0.479. The van der Waals surface area contributed by atoms with Crippen molar-refractivity contribution in [2.75, 3.05) is 0 Å². The molecule has 0 bridgehead atoms. The molecule has 0 aromatic rings. The summed E-state index contributed by atoms with van der Waals surface area (Å²) in [6.07, 6.45) is 0. The summed E-state index contributed by atoms with van der Waals surface area (Å²) in [5, 5.41) is 0. The molecule has 0 atom stereocenters. The van der Waals surface area contributed by atoms with E-state index in [1.807, 2.05) is 0 Å². The molecule has 0 amide bonds. The molecular formula is HCoFeMnNaO. The zero-order valence-electron chi connectivity index (χ0n) is 1.47.